The Morgan fingerprint density at radius 1 is 1.38 bits per heavy atom. The first-order valence-corrected chi connectivity index (χ1v) is 5.13. The molecule has 1 aromatic rings. The molecule has 0 aliphatic rings. The van der Waals surface area contributed by atoms with E-state index in [0.29, 0.717) is 6.42 Å². The van der Waals surface area contributed by atoms with E-state index in [2.05, 4.69) is 5.32 Å². The number of nitrogens with one attached hydrogen (secondary N) is 1. The van der Waals surface area contributed by atoms with Gasteiger partial charge in [0.15, 0.2) is 0 Å². The molecule has 3 N–H and O–H groups in total. The maximum atomic E-state index is 10.6. The molecule has 0 saturated carbocycles. The predicted molar refractivity (Wildman–Crippen MR) is 61.3 cm³/mol. The molecular weight excluding hydrogens is 206 g/mol. The van der Waals surface area contributed by atoms with Crippen LogP contribution in [-0.2, 0) is 13.0 Å². The second-order valence-corrected chi connectivity index (χ2v) is 4.47. The third kappa shape index (κ3) is 3.90. The van der Waals surface area contributed by atoms with Crippen molar-refractivity contribution < 1.29 is 15.0 Å². The van der Waals surface area contributed by atoms with Crippen molar-refractivity contribution in [2.24, 2.45) is 0 Å². The number of carbonyl (C=O) groups is 1. The molecule has 0 aliphatic carbocycles. The third-order valence-electron chi connectivity index (χ3n) is 2.27. The van der Waals surface area contributed by atoms with Gasteiger partial charge in [-0.2, -0.15) is 0 Å². The summed E-state index contributed by atoms with van der Waals surface area (Å²) in [5.74, 6) is 0. The molecule has 0 unspecified atom stereocenters. The minimum Gasteiger partial charge on any atom is -0.465 e. The molecule has 0 bridgehead atoms. The summed E-state index contributed by atoms with van der Waals surface area (Å²) in [5, 5.41) is 20.1. The summed E-state index contributed by atoms with van der Waals surface area (Å²) in [5.41, 5.74) is 1.33. The van der Waals surface area contributed by atoms with E-state index >= 15 is 0 Å². The van der Waals surface area contributed by atoms with Gasteiger partial charge in [-0.25, -0.2) is 4.79 Å². The Balaban J connectivity index is 2.75. The van der Waals surface area contributed by atoms with E-state index in [-0.39, 0.29) is 6.61 Å². The van der Waals surface area contributed by atoms with Crippen LogP contribution in [0.15, 0.2) is 24.3 Å². The second kappa shape index (κ2) is 4.99. The summed E-state index contributed by atoms with van der Waals surface area (Å²) >= 11 is 0. The molecule has 0 aromatic heterocycles. The van der Waals surface area contributed by atoms with Gasteiger partial charge in [0.05, 0.1) is 6.61 Å². The summed E-state index contributed by atoms with van der Waals surface area (Å²) < 4.78 is 0. The zero-order chi connectivity index (χ0) is 12.2. The van der Waals surface area contributed by atoms with Crippen LogP contribution in [0.5, 0.6) is 0 Å². The highest BCUT2D eigenvalue weighted by molar-refractivity contribution is 5.65. The maximum Gasteiger partial charge on any atom is 0.405 e. The van der Waals surface area contributed by atoms with E-state index in [0.717, 1.165) is 11.1 Å². The lowest BCUT2D eigenvalue weighted by molar-refractivity contribution is 0.182. The number of hydrogen-bond donors (Lipinski definition) is 3. The molecule has 0 saturated heterocycles. The Hall–Kier alpha value is -1.55. The van der Waals surface area contributed by atoms with Crippen molar-refractivity contribution in [2.75, 3.05) is 0 Å². The fourth-order valence-electron chi connectivity index (χ4n) is 1.68. The first kappa shape index (κ1) is 12.5. The van der Waals surface area contributed by atoms with Crippen LogP contribution in [0.3, 0.4) is 0 Å². The lowest BCUT2D eigenvalue weighted by Crippen LogP contribution is -2.44. The molecule has 0 heterocycles. The smallest absolute Gasteiger partial charge is 0.405 e. The maximum absolute atomic E-state index is 10.6. The fourth-order valence-corrected chi connectivity index (χ4v) is 1.68. The molecule has 4 heteroatoms. The van der Waals surface area contributed by atoms with Crippen LogP contribution < -0.4 is 5.32 Å². The zero-order valence-corrected chi connectivity index (χ0v) is 9.53. The van der Waals surface area contributed by atoms with Gasteiger partial charge >= 0.3 is 6.09 Å². The highest BCUT2D eigenvalue weighted by atomic mass is 16.4. The van der Waals surface area contributed by atoms with Gasteiger partial charge in [-0.15, -0.1) is 0 Å². The number of benzene rings is 1. The van der Waals surface area contributed by atoms with Gasteiger partial charge in [0.1, 0.15) is 0 Å². The van der Waals surface area contributed by atoms with E-state index < -0.39 is 11.6 Å². The highest BCUT2D eigenvalue weighted by Gasteiger charge is 2.20. The fraction of sp³-hybridized carbons (Fsp3) is 0.417. The molecule has 0 atom stereocenters. The average Bonchev–Trinajstić information content (AvgIpc) is 2.15. The van der Waals surface area contributed by atoms with Gasteiger partial charge < -0.3 is 15.5 Å². The summed E-state index contributed by atoms with van der Waals surface area (Å²) in [7, 11) is 0. The standard InChI is InChI=1S/C12H17NO3/c1-12(2,13-11(15)16)7-9-4-3-5-10(6-9)8-14/h3-6,13-14H,7-8H2,1-2H3,(H,15,16). The number of rotatable bonds is 4. The molecule has 0 aliphatic heterocycles. The van der Waals surface area contributed by atoms with Crippen LogP contribution in [0.2, 0.25) is 0 Å². The molecule has 1 rings (SSSR count). The Morgan fingerprint density at radius 2 is 2.00 bits per heavy atom. The van der Waals surface area contributed by atoms with Gasteiger partial charge in [0, 0.05) is 5.54 Å². The van der Waals surface area contributed by atoms with Gasteiger partial charge in [-0.05, 0) is 31.4 Å². The number of hydrogen-bond acceptors (Lipinski definition) is 2. The Labute approximate surface area is 94.9 Å². The zero-order valence-electron chi connectivity index (χ0n) is 9.53. The number of carboxylic acid groups (broad SMARTS) is 1. The molecule has 4 nitrogen and oxygen atoms in total. The third-order valence-corrected chi connectivity index (χ3v) is 2.27. The van der Waals surface area contributed by atoms with Crippen LogP contribution in [0.25, 0.3) is 0 Å². The van der Waals surface area contributed by atoms with Gasteiger partial charge in [0.25, 0.3) is 0 Å². The second-order valence-electron chi connectivity index (χ2n) is 4.47. The molecule has 1 amide bonds. The molecule has 16 heavy (non-hydrogen) atoms. The minimum absolute atomic E-state index is 0.000623. The highest BCUT2D eigenvalue weighted by Crippen LogP contribution is 2.14. The Morgan fingerprint density at radius 3 is 2.56 bits per heavy atom. The van der Waals surface area contributed by atoms with E-state index in [9.17, 15) is 4.79 Å². The predicted octanol–water partition coefficient (Wildman–Crippen LogP) is 1.77. The summed E-state index contributed by atoms with van der Waals surface area (Å²) in [6.07, 6.45) is -0.434. The van der Waals surface area contributed by atoms with Gasteiger partial charge in [-0.3, -0.25) is 0 Å². The summed E-state index contributed by atoms with van der Waals surface area (Å²) in [4.78, 5) is 10.6. The van der Waals surface area contributed by atoms with Crippen molar-refractivity contribution in [3.63, 3.8) is 0 Å². The van der Waals surface area contributed by atoms with Crippen LogP contribution in [0.4, 0.5) is 4.79 Å². The first-order chi connectivity index (χ1) is 7.43. The van der Waals surface area contributed by atoms with Crippen molar-refractivity contribution in [1.29, 1.82) is 0 Å². The molecule has 1 aromatic carbocycles. The van der Waals surface area contributed by atoms with Crippen molar-refractivity contribution in [3.05, 3.63) is 35.4 Å². The molecule has 0 spiro atoms. The topological polar surface area (TPSA) is 69.6 Å². The van der Waals surface area contributed by atoms with Crippen molar-refractivity contribution in [3.8, 4) is 0 Å². The Bertz CT molecular complexity index is 374. The monoisotopic (exact) mass is 223 g/mol. The molecular formula is C12H17NO3. The van der Waals surface area contributed by atoms with Crippen molar-refractivity contribution in [1.82, 2.24) is 5.32 Å². The summed E-state index contributed by atoms with van der Waals surface area (Å²) in [6.45, 7) is 3.65. The molecule has 0 fully saturated rings. The van der Waals surface area contributed by atoms with Crippen molar-refractivity contribution in [2.45, 2.75) is 32.4 Å². The minimum atomic E-state index is -1.02. The van der Waals surface area contributed by atoms with Crippen molar-refractivity contribution >= 4 is 6.09 Å². The number of amides is 1. The van der Waals surface area contributed by atoms with E-state index in [1.807, 2.05) is 38.1 Å². The molecule has 88 valence electrons. The lowest BCUT2D eigenvalue weighted by Gasteiger charge is -2.24. The number of aliphatic hydroxyl groups excluding tert-OH is 1. The van der Waals surface area contributed by atoms with E-state index in [1.54, 1.807) is 0 Å². The lowest BCUT2D eigenvalue weighted by atomic mass is 9.94. The Kier molecular flexibility index (Phi) is 3.90. The van der Waals surface area contributed by atoms with E-state index in [1.165, 1.54) is 0 Å². The van der Waals surface area contributed by atoms with Crippen LogP contribution in [0.1, 0.15) is 25.0 Å². The van der Waals surface area contributed by atoms with Crippen LogP contribution in [0, 0.1) is 0 Å². The average molecular weight is 223 g/mol. The quantitative estimate of drug-likeness (QED) is 0.728. The summed E-state index contributed by atoms with van der Waals surface area (Å²) in [6, 6.07) is 7.49. The SMILES string of the molecule is CC(C)(Cc1cccc(CO)c1)NC(=O)O. The normalized spacial score (nSPS) is 11.2. The van der Waals surface area contributed by atoms with Gasteiger partial charge in [-0.1, -0.05) is 24.3 Å². The first-order valence-electron chi connectivity index (χ1n) is 5.13. The van der Waals surface area contributed by atoms with Crippen LogP contribution >= 0.6 is 0 Å². The number of aliphatic hydroxyl groups is 1. The van der Waals surface area contributed by atoms with Crippen LogP contribution in [-0.4, -0.2) is 21.8 Å². The van der Waals surface area contributed by atoms with Gasteiger partial charge in [0.2, 0.25) is 0 Å². The van der Waals surface area contributed by atoms with E-state index in [4.69, 9.17) is 10.2 Å². The molecule has 0 radical (unpaired) electrons. The largest absolute Gasteiger partial charge is 0.465 e.